The number of ether oxygens (including phenoxy) is 1. The van der Waals surface area contributed by atoms with E-state index in [0.29, 0.717) is 17.2 Å². The van der Waals surface area contributed by atoms with E-state index in [1.165, 1.54) is 6.07 Å². The molecule has 2 aromatic carbocycles. The third kappa shape index (κ3) is 2.65. The van der Waals surface area contributed by atoms with Crippen LogP contribution in [0.1, 0.15) is 0 Å². The van der Waals surface area contributed by atoms with E-state index >= 15 is 0 Å². The van der Waals surface area contributed by atoms with Crippen molar-refractivity contribution in [2.24, 2.45) is 0 Å². The van der Waals surface area contributed by atoms with Crippen LogP contribution in [0.3, 0.4) is 0 Å². The zero-order valence-corrected chi connectivity index (χ0v) is 12.8. The summed E-state index contributed by atoms with van der Waals surface area (Å²) < 4.78 is 7.42. The van der Waals surface area contributed by atoms with Gasteiger partial charge in [0.15, 0.2) is 5.43 Å². The van der Waals surface area contributed by atoms with Gasteiger partial charge in [0.05, 0.1) is 11.1 Å². The highest BCUT2D eigenvalue weighted by atomic mass is 16.5. The molecule has 0 amide bonds. The highest BCUT2D eigenvalue weighted by Crippen LogP contribution is 2.23. The van der Waals surface area contributed by atoms with Crippen LogP contribution in [-0.2, 0) is 0 Å². The first-order valence-corrected chi connectivity index (χ1v) is 7.62. The summed E-state index contributed by atoms with van der Waals surface area (Å²) >= 11 is 0. The zero-order chi connectivity index (χ0) is 16.4. The molecule has 0 bridgehead atoms. The fraction of sp³-hybridized carbons (Fsp3) is 0. The van der Waals surface area contributed by atoms with Gasteiger partial charge in [-0.25, -0.2) is 4.52 Å². The molecule has 0 spiro atoms. The highest BCUT2D eigenvalue weighted by Gasteiger charge is 2.09. The number of nitrogens with zero attached hydrogens (tertiary/aromatic N) is 2. The topological polar surface area (TPSA) is 43.6 Å². The summed E-state index contributed by atoms with van der Waals surface area (Å²) in [7, 11) is 0. The first kappa shape index (κ1) is 14.2. The fourth-order valence-corrected chi connectivity index (χ4v) is 2.64. The monoisotopic (exact) mass is 314 g/mol. The number of benzene rings is 2. The van der Waals surface area contributed by atoms with Crippen molar-refractivity contribution >= 4 is 5.52 Å². The molecule has 0 N–H and O–H groups in total. The predicted molar refractivity (Wildman–Crippen MR) is 93.4 cm³/mol. The second-order valence-corrected chi connectivity index (χ2v) is 5.34. The van der Waals surface area contributed by atoms with Gasteiger partial charge in [-0.3, -0.25) is 4.79 Å². The molecule has 4 nitrogen and oxygen atoms in total. The lowest BCUT2D eigenvalue weighted by atomic mass is 10.1. The summed E-state index contributed by atoms with van der Waals surface area (Å²) in [6, 6.07) is 24.2. The van der Waals surface area contributed by atoms with Crippen LogP contribution >= 0.6 is 0 Å². The maximum Gasteiger partial charge on any atom is 0.237 e. The number of rotatable bonds is 3. The first-order valence-electron chi connectivity index (χ1n) is 7.62. The van der Waals surface area contributed by atoms with Crippen LogP contribution in [-0.4, -0.2) is 9.61 Å². The Kier molecular flexibility index (Phi) is 3.56. The van der Waals surface area contributed by atoms with Gasteiger partial charge < -0.3 is 4.74 Å². The van der Waals surface area contributed by atoms with Crippen molar-refractivity contribution in [1.29, 1.82) is 0 Å². The molecule has 4 heteroatoms. The minimum atomic E-state index is -0.0280. The number of pyridine rings is 1. The molecule has 0 atom stereocenters. The summed E-state index contributed by atoms with van der Waals surface area (Å²) in [6.07, 6.45) is 1.65. The Morgan fingerprint density at radius 3 is 2.25 bits per heavy atom. The van der Waals surface area contributed by atoms with Crippen LogP contribution < -0.4 is 10.2 Å². The summed E-state index contributed by atoms with van der Waals surface area (Å²) in [5.74, 6) is 1.19. The van der Waals surface area contributed by atoms with Crippen molar-refractivity contribution in [1.82, 2.24) is 9.61 Å². The molecule has 0 aliphatic carbocycles. The van der Waals surface area contributed by atoms with Crippen molar-refractivity contribution in [3.05, 3.63) is 95.3 Å². The molecule has 2 aromatic heterocycles. The molecular formula is C20H14N2O2. The standard InChI is InChI=1S/C20H14N2O2/c23-18-13-14-22-17(20(18)15-7-3-1-4-8-15)11-12-19(21-22)24-16-9-5-2-6-10-16/h1-14H. The maximum absolute atomic E-state index is 12.3. The molecule has 0 unspecified atom stereocenters. The van der Waals surface area contributed by atoms with E-state index in [1.54, 1.807) is 16.8 Å². The van der Waals surface area contributed by atoms with Gasteiger partial charge in [0.2, 0.25) is 5.88 Å². The lowest BCUT2D eigenvalue weighted by Gasteiger charge is -2.09. The van der Waals surface area contributed by atoms with Crippen LogP contribution in [0, 0.1) is 0 Å². The lowest BCUT2D eigenvalue weighted by molar-refractivity contribution is 0.452. The molecule has 0 aliphatic heterocycles. The maximum atomic E-state index is 12.3. The number of aromatic nitrogens is 2. The Hall–Kier alpha value is -3.40. The van der Waals surface area contributed by atoms with Gasteiger partial charge in [0.1, 0.15) is 5.75 Å². The van der Waals surface area contributed by atoms with Crippen LogP contribution in [0.4, 0.5) is 0 Å². The molecule has 0 radical (unpaired) electrons. The Labute approximate surface area is 138 Å². The normalized spacial score (nSPS) is 10.7. The minimum absolute atomic E-state index is 0.0280. The lowest BCUT2D eigenvalue weighted by Crippen LogP contribution is -2.09. The van der Waals surface area contributed by atoms with E-state index in [2.05, 4.69) is 5.10 Å². The third-order valence-corrected chi connectivity index (χ3v) is 3.73. The van der Waals surface area contributed by atoms with E-state index < -0.39 is 0 Å². The van der Waals surface area contributed by atoms with E-state index in [-0.39, 0.29) is 5.43 Å². The van der Waals surface area contributed by atoms with Crippen molar-refractivity contribution in [3.8, 4) is 22.8 Å². The van der Waals surface area contributed by atoms with Crippen molar-refractivity contribution in [2.75, 3.05) is 0 Å². The molecular weight excluding hydrogens is 300 g/mol. The van der Waals surface area contributed by atoms with Gasteiger partial charge in [0.25, 0.3) is 0 Å². The molecule has 4 rings (SSSR count). The summed E-state index contributed by atoms with van der Waals surface area (Å²) in [5, 5.41) is 4.45. The summed E-state index contributed by atoms with van der Waals surface area (Å²) in [5.41, 5.74) is 2.23. The summed E-state index contributed by atoms with van der Waals surface area (Å²) in [4.78, 5) is 12.3. The zero-order valence-electron chi connectivity index (χ0n) is 12.8. The number of fused-ring (bicyclic) bond motifs is 1. The molecule has 4 aromatic rings. The van der Waals surface area contributed by atoms with Gasteiger partial charge in [-0.1, -0.05) is 48.5 Å². The molecule has 24 heavy (non-hydrogen) atoms. The van der Waals surface area contributed by atoms with Crippen LogP contribution in [0.2, 0.25) is 0 Å². The van der Waals surface area contributed by atoms with Crippen LogP contribution in [0.5, 0.6) is 11.6 Å². The van der Waals surface area contributed by atoms with Gasteiger partial charge in [-0.15, -0.1) is 5.10 Å². The smallest absolute Gasteiger partial charge is 0.237 e. The Morgan fingerprint density at radius 1 is 0.792 bits per heavy atom. The number of hydrogen-bond acceptors (Lipinski definition) is 3. The quantitative estimate of drug-likeness (QED) is 0.570. The Morgan fingerprint density at radius 2 is 1.50 bits per heavy atom. The molecule has 0 aliphatic rings. The van der Waals surface area contributed by atoms with E-state index in [0.717, 1.165) is 11.1 Å². The SMILES string of the molecule is O=c1ccn2nc(Oc3ccccc3)ccc2c1-c1ccccc1. The van der Waals surface area contributed by atoms with E-state index in [9.17, 15) is 4.79 Å². The highest BCUT2D eigenvalue weighted by molar-refractivity contribution is 5.79. The minimum Gasteiger partial charge on any atom is -0.438 e. The summed E-state index contributed by atoms with van der Waals surface area (Å²) in [6.45, 7) is 0. The number of para-hydroxylation sites is 1. The predicted octanol–water partition coefficient (Wildman–Crippen LogP) is 4.15. The van der Waals surface area contributed by atoms with Crippen LogP contribution in [0.15, 0.2) is 89.9 Å². The van der Waals surface area contributed by atoms with Gasteiger partial charge in [-0.2, -0.15) is 0 Å². The molecule has 0 fully saturated rings. The Balaban J connectivity index is 1.82. The molecule has 116 valence electrons. The van der Waals surface area contributed by atoms with Crippen molar-refractivity contribution in [2.45, 2.75) is 0 Å². The molecule has 0 saturated heterocycles. The van der Waals surface area contributed by atoms with Crippen molar-refractivity contribution < 1.29 is 4.74 Å². The average Bonchev–Trinajstić information content (AvgIpc) is 2.63. The molecule has 2 heterocycles. The second-order valence-electron chi connectivity index (χ2n) is 5.34. The van der Waals surface area contributed by atoms with Gasteiger partial charge >= 0.3 is 0 Å². The largest absolute Gasteiger partial charge is 0.438 e. The number of hydrogen-bond donors (Lipinski definition) is 0. The average molecular weight is 314 g/mol. The van der Waals surface area contributed by atoms with Crippen LogP contribution in [0.25, 0.3) is 16.6 Å². The second kappa shape index (κ2) is 6.01. The van der Waals surface area contributed by atoms with Gasteiger partial charge in [0, 0.05) is 18.3 Å². The first-order chi connectivity index (χ1) is 11.8. The fourth-order valence-electron chi connectivity index (χ4n) is 2.64. The van der Waals surface area contributed by atoms with E-state index in [1.807, 2.05) is 66.7 Å². The Bertz CT molecular complexity index is 1040. The van der Waals surface area contributed by atoms with Crippen molar-refractivity contribution in [3.63, 3.8) is 0 Å². The third-order valence-electron chi connectivity index (χ3n) is 3.73. The van der Waals surface area contributed by atoms with E-state index in [4.69, 9.17) is 4.74 Å². The molecule has 0 saturated carbocycles. The van der Waals surface area contributed by atoms with Gasteiger partial charge in [-0.05, 0) is 23.8 Å².